The van der Waals surface area contributed by atoms with Crippen LogP contribution in [0.3, 0.4) is 0 Å². The highest BCUT2D eigenvalue weighted by molar-refractivity contribution is 6.14. The Bertz CT molecular complexity index is 619. The normalized spacial score (nSPS) is 10.9. The highest BCUT2D eigenvalue weighted by Gasteiger charge is 2.09. The smallest absolute Gasteiger partial charge is 0.248 e. The van der Waals surface area contributed by atoms with Crippen molar-refractivity contribution in [2.75, 3.05) is 12.4 Å². The molecule has 0 heterocycles. The molecule has 1 rings (SSSR count). The highest BCUT2D eigenvalue weighted by atomic mass is 16.5. The average molecular weight is 314 g/mol. The molecule has 4 heteroatoms. The third kappa shape index (κ3) is 5.40. The van der Waals surface area contributed by atoms with E-state index in [2.05, 4.69) is 19.2 Å². The standard InChI is InChI=1S/C19H26N2O2/c1-6-15(7-2)14(4)19(20)13(3)12-18(22)21-16-8-10-17(23-5)11-9-16/h8-12,20H,6-7H2,1-5H3,(H,21,22)/b13-12-,20-19?. The number of carbonyl (C=O) groups is 1. The van der Waals surface area contributed by atoms with Gasteiger partial charge in [-0.2, -0.15) is 0 Å². The molecule has 0 spiro atoms. The van der Waals surface area contributed by atoms with E-state index >= 15 is 0 Å². The first-order chi connectivity index (χ1) is 10.9. The second-order valence-electron chi connectivity index (χ2n) is 5.36. The van der Waals surface area contributed by atoms with Crippen LogP contribution in [0, 0.1) is 5.41 Å². The van der Waals surface area contributed by atoms with E-state index in [-0.39, 0.29) is 5.91 Å². The van der Waals surface area contributed by atoms with Gasteiger partial charge in [-0.25, -0.2) is 0 Å². The lowest BCUT2D eigenvalue weighted by atomic mass is 9.96. The fourth-order valence-electron chi connectivity index (χ4n) is 2.37. The first kappa shape index (κ1) is 18.7. The molecular formula is C19H26N2O2. The first-order valence-corrected chi connectivity index (χ1v) is 7.84. The van der Waals surface area contributed by atoms with E-state index in [0.717, 1.165) is 24.2 Å². The van der Waals surface area contributed by atoms with Gasteiger partial charge in [0.05, 0.1) is 12.8 Å². The Morgan fingerprint density at radius 1 is 1.17 bits per heavy atom. The molecule has 1 amide bonds. The maximum atomic E-state index is 12.1. The molecule has 0 saturated carbocycles. The van der Waals surface area contributed by atoms with Crippen LogP contribution in [0.25, 0.3) is 0 Å². The summed E-state index contributed by atoms with van der Waals surface area (Å²) in [7, 11) is 1.60. The van der Waals surface area contributed by atoms with Crippen LogP contribution >= 0.6 is 0 Å². The number of methoxy groups -OCH3 is 1. The molecule has 23 heavy (non-hydrogen) atoms. The molecule has 0 fully saturated rings. The average Bonchev–Trinajstić information content (AvgIpc) is 2.55. The zero-order chi connectivity index (χ0) is 17.4. The van der Waals surface area contributed by atoms with Crippen LogP contribution in [-0.4, -0.2) is 18.7 Å². The minimum absolute atomic E-state index is 0.236. The molecule has 0 aliphatic carbocycles. The van der Waals surface area contributed by atoms with E-state index in [4.69, 9.17) is 10.1 Å². The molecule has 0 aliphatic rings. The highest BCUT2D eigenvalue weighted by Crippen LogP contribution is 2.18. The lowest BCUT2D eigenvalue weighted by Gasteiger charge is -2.11. The number of amides is 1. The molecule has 0 saturated heterocycles. The predicted molar refractivity (Wildman–Crippen MR) is 96.4 cm³/mol. The molecular weight excluding hydrogens is 288 g/mol. The Kier molecular flexibility index (Phi) is 7.26. The minimum atomic E-state index is -0.236. The largest absolute Gasteiger partial charge is 0.497 e. The van der Waals surface area contributed by atoms with Crippen LogP contribution in [0.4, 0.5) is 5.69 Å². The second-order valence-corrected chi connectivity index (χ2v) is 5.36. The lowest BCUT2D eigenvalue weighted by Crippen LogP contribution is -2.11. The van der Waals surface area contributed by atoms with Crippen molar-refractivity contribution in [2.45, 2.75) is 40.5 Å². The van der Waals surface area contributed by atoms with E-state index in [0.29, 0.717) is 17.0 Å². The summed E-state index contributed by atoms with van der Waals surface area (Å²) in [5.74, 6) is 0.503. The van der Waals surface area contributed by atoms with E-state index < -0.39 is 0 Å². The Labute approximate surface area is 138 Å². The van der Waals surface area contributed by atoms with Crippen LogP contribution in [0.1, 0.15) is 40.5 Å². The number of rotatable bonds is 7. The van der Waals surface area contributed by atoms with Crippen LogP contribution in [0.5, 0.6) is 5.75 Å². The van der Waals surface area contributed by atoms with Gasteiger partial charge < -0.3 is 15.5 Å². The van der Waals surface area contributed by atoms with Crippen molar-refractivity contribution in [3.8, 4) is 5.75 Å². The summed E-state index contributed by atoms with van der Waals surface area (Å²) in [5, 5.41) is 11.0. The number of carbonyl (C=O) groups excluding carboxylic acids is 1. The number of hydrogen-bond acceptors (Lipinski definition) is 3. The van der Waals surface area contributed by atoms with Crippen molar-refractivity contribution in [2.24, 2.45) is 0 Å². The van der Waals surface area contributed by atoms with Crippen molar-refractivity contribution in [3.05, 3.63) is 47.1 Å². The van der Waals surface area contributed by atoms with Crippen molar-refractivity contribution in [1.29, 1.82) is 5.41 Å². The summed E-state index contributed by atoms with van der Waals surface area (Å²) in [4.78, 5) is 12.1. The van der Waals surface area contributed by atoms with Gasteiger partial charge in [0, 0.05) is 11.8 Å². The Morgan fingerprint density at radius 3 is 2.22 bits per heavy atom. The second kappa shape index (κ2) is 8.93. The summed E-state index contributed by atoms with van der Waals surface area (Å²) in [5.41, 5.74) is 3.99. The van der Waals surface area contributed by atoms with Crippen molar-refractivity contribution in [1.82, 2.24) is 0 Å². The van der Waals surface area contributed by atoms with Gasteiger partial charge in [0.2, 0.25) is 5.91 Å². The number of allylic oxidation sites excluding steroid dienone is 3. The van der Waals surface area contributed by atoms with E-state index in [1.54, 1.807) is 38.3 Å². The zero-order valence-electron chi connectivity index (χ0n) is 14.6. The molecule has 1 aromatic carbocycles. The number of anilines is 1. The summed E-state index contributed by atoms with van der Waals surface area (Å²) in [6, 6.07) is 7.14. The van der Waals surface area contributed by atoms with Crippen molar-refractivity contribution < 1.29 is 9.53 Å². The molecule has 1 aromatic rings. The van der Waals surface area contributed by atoms with Crippen LogP contribution in [0.2, 0.25) is 0 Å². The van der Waals surface area contributed by atoms with E-state index in [1.807, 2.05) is 6.92 Å². The van der Waals surface area contributed by atoms with Gasteiger partial charge in [0.15, 0.2) is 0 Å². The molecule has 2 N–H and O–H groups in total. The topological polar surface area (TPSA) is 62.2 Å². The fourth-order valence-corrected chi connectivity index (χ4v) is 2.37. The van der Waals surface area contributed by atoms with Crippen molar-refractivity contribution in [3.63, 3.8) is 0 Å². The van der Waals surface area contributed by atoms with E-state index in [9.17, 15) is 4.79 Å². The molecule has 4 nitrogen and oxygen atoms in total. The predicted octanol–water partition coefficient (Wildman–Crippen LogP) is 4.74. The summed E-state index contributed by atoms with van der Waals surface area (Å²) >= 11 is 0. The Hall–Kier alpha value is -2.36. The summed E-state index contributed by atoms with van der Waals surface area (Å²) in [6.45, 7) is 7.92. The van der Waals surface area contributed by atoms with Gasteiger partial charge in [-0.1, -0.05) is 19.4 Å². The van der Waals surface area contributed by atoms with Gasteiger partial charge in [-0.15, -0.1) is 0 Å². The SMILES string of the molecule is CCC(CC)=C(C)C(=N)/C(C)=C\C(=O)Nc1ccc(OC)cc1. The number of ether oxygens (including phenoxy) is 1. The van der Waals surface area contributed by atoms with Gasteiger partial charge in [0.1, 0.15) is 5.75 Å². The molecule has 0 bridgehead atoms. The van der Waals surface area contributed by atoms with E-state index in [1.165, 1.54) is 11.6 Å². The Balaban J connectivity index is 2.82. The minimum Gasteiger partial charge on any atom is -0.497 e. The maximum absolute atomic E-state index is 12.1. The first-order valence-electron chi connectivity index (χ1n) is 7.84. The molecule has 124 valence electrons. The van der Waals surface area contributed by atoms with Gasteiger partial charge in [-0.3, -0.25) is 4.79 Å². The third-order valence-corrected chi connectivity index (χ3v) is 3.86. The molecule has 0 aliphatic heterocycles. The molecule has 0 atom stereocenters. The van der Waals surface area contributed by atoms with Gasteiger partial charge in [-0.05, 0) is 62.1 Å². The third-order valence-electron chi connectivity index (χ3n) is 3.86. The number of benzene rings is 1. The van der Waals surface area contributed by atoms with Crippen molar-refractivity contribution >= 4 is 17.3 Å². The Morgan fingerprint density at radius 2 is 1.74 bits per heavy atom. The fraction of sp³-hybridized carbons (Fsp3) is 0.368. The van der Waals surface area contributed by atoms with Crippen LogP contribution < -0.4 is 10.1 Å². The quantitative estimate of drug-likeness (QED) is 0.564. The monoisotopic (exact) mass is 314 g/mol. The van der Waals surface area contributed by atoms with Gasteiger partial charge >= 0.3 is 0 Å². The molecule has 0 unspecified atom stereocenters. The molecule has 0 radical (unpaired) electrons. The summed E-state index contributed by atoms with van der Waals surface area (Å²) < 4.78 is 5.08. The van der Waals surface area contributed by atoms with Gasteiger partial charge in [0.25, 0.3) is 0 Å². The lowest BCUT2D eigenvalue weighted by molar-refractivity contribution is -0.111. The zero-order valence-corrected chi connectivity index (χ0v) is 14.6. The number of hydrogen-bond donors (Lipinski definition) is 2. The molecule has 0 aromatic heterocycles. The number of nitrogens with one attached hydrogen (secondary N) is 2. The summed E-state index contributed by atoms with van der Waals surface area (Å²) in [6.07, 6.45) is 3.32. The van der Waals surface area contributed by atoms with Crippen LogP contribution in [0.15, 0.2) is 47.1 Å². The van der Waals surface area contributed by atoms with Crippen LogP contribution in [-0.2, 0) is 4.79 Å². The maximum Gasteiger partial charge on any atom is 0.248 e.